The number of fused-ring (bicyclic) bond motifs is 1. The fourth-order valence-corrected chi connectivity index (χ4v) is 2.75. The molecule has 0 saturated carbocycles. The molecule has 118 valence electrons. The van der Waals surface area contributed by atoms with Crippen molar-refractivity contribution in [2.45, 2.75) is 46.5 Å². The van der Waals surface area contributed by atoms with Crippen molar-refractivity contribution in [1.29, 1.82) is 0 Å². The minimum absolute atomic E-state index is 0.0248. The number of rotatable bonds is 5. The first-order chi connectivity index (χ1) is 10.5. The van der Waals surface area contributed by atoms with E-state index in [2.05, 4.69) is 24.1 Å². The van der Waals surface area contributed by atoms with Crippen molar-refractivity contribution in [1.82, 2.24) is 4.98 Å². The number of carbonyl (C=O) groups excluding carboxylic acids is 1. The van der Waals surface area contributed by atoms with Crippen LogP contribution in [0.4, 0.5) is 5.69 Å². The van der Waals surface area contributed by atoms with Crippen LogP contribution in [0, 0.1) is 5.92 Å². The Kier molecular flexibility index (Phi) is 5.01. The third-order valence-corrected chi connectivity index (χ3v) is 4.12. The number of benzene rings is 1. The van der Waals surface area contributed by atoms with Crippen LogP contribution in [0.2, 0.25) is 0 Å². The number of pyridine rings is 1. The molecule has 22 heavy (non-hydrogen) atoms. The maximum atomic E-state index is 12.2. The zero-order valence-electron chi connectivity index (χ0n) is 13.7. The van der Waals surface area contributed by atoms with E-state index < -0.39 is 0 Å². The molecule has 0 bridgehead atoms. The Hall–Kier alpha value is -2.10. The van der Waals surface area contributed by atoms with E-state index >= 15 is 0 Å². The number of hydrogen-bond donors (Lipinski definition) is 2. The van der Waals surface area contributed by atoms with Gasteiger partial charge in [-0.2, -0.15) is 0 Å². The van der Waals surface area contributed by atoms with Gasteiger partial charge in [-0.3, -0.25) is 9.59 Å². The number of carbonyl (C=O) groups is 1. The highest BCUT2D eigenvalue weighted by molar-refractivity contribution is 5.95. The van der Waals surface area contributed by atoms with Gasteiger partial charge in [-0.15, -0.1) is 0 Å². The highest BCUT2D eigenvalue weighted by Crippen LogP contribution is 2.25. The van der Waals surface area contributed by atoms with Crippen molar-refractivity contribution in [3.63, 3.8) is 0 Å². The Balaban J connectivity index is 2.39. The highest BCUT2D eigenvalue weighted by atomic mass is 16.2. The summed E-state index contributed by atoms with van der Waals surface area (Å²) in [5.74, 6) is 0.332. The molecule has 0 radical (unpaired) electrons. The Morgan fingerprint density at radius 2 is 1.86 bits per heavy atom. The van der Waals surface area contributed by atoms with Crippen molar-refractivity contribution in [2.75, 3.05) is 5.32 Å². The molecule has 2 aromatic rings. The lowest BCUT2D eigenvalue weighted by Crippen LogP contribution is -2.21. The van der Waals surface area contributed by atoms with E-state index in [4.69, 9.17) is 0 Å². The van der Waals surface area contributed by atoms with Crippen LogP contribution in [0.25, 0.3) is 10.9 Å². The van der Waals surface area contributed by atoms with Gasteiger partial charge in [0.25, 0.3) is 0 Å². The van der Waals surface area contributed by atoms with Crippen LogP contribution in [0.5, 0.6) is 0 Å². The SMILES string of the molecule is CCC(CC)C(=O)Nc1ccc2c(C(C)C)cc(=O)[nH]c2c1. The molecule has 4 nitrogen and oxygen atoms in total. The first-order valence-electron chi connectivity index (χ1n) is 7.94. The van der Waals surface area contributed by atoms with Gasteiger partial charge >= 0.3 is 0 Å². The number of H-pyrrole nitrogens is 1. The summed E-state index contributed by atoms with van der Waals surface area (Å²) in [6.45, 7) is 8.16. The summed E-state index contributed by atoms with van der Waals surface area (Å²) >= 11 is 0. The summed E-state index contributed by atoms with van der Waals surface area (Å²) in [7, 11) is 0. The molecule has 4 heteroatoms. The summed E-state index contributed by atoms with van der Waals surface area (Å²) < 4.78 is 0. The number of aromatic amines is 1. The minimum Gasteiger partial charge on any atom is -0.326 e. The van der Waals surface area contributed by atoms with Crippen molar-refractivity contribution in [2.24, 2.45) is 5.92 Å². The molecule has 1 amide bonds. The summed E-state index contributed by atoms with van der Waals surface area (Å²) in [5.41, 5.74) is 2.40. The average Bonchev–Trinajstić information content (AvgIpc) is 2.47. The first-order valence-corrected chi connectivity index (χ1v) is 7.94. The quantitative estimate of drug-likeness (QED) is 0.876. The molecule has 1 heterocycles. The van der Waals surface area contributed by atoms with Gasteiger partial charge in [0, 0.05) is 23.1 Å². The molecule has 0 saturated heterocycles. The van der Waals surface area contributed by atoms with E-state index in [1.165, 1.54) is 0 Å². The summed E-state index contributed by atoms with van der Waals surface area (Å²) in [6.07, 6.45) is 1.65. The van der Waals surface area contributed by atoms with E-state index in [9.17, 15) is 9.59 Å². The number of amides is 1. The molecular weight excluding hydrogens is 276 g/mol. The van der Waals surface area contributed by atoms with Crippen LogP contribution in [0.15, 0.2) is 29.1 Å². The molecule has 0 spiro atoms. The third-order valence-electron chi connectivity index (χ3n) is 4.12. The van der Waals surface area contributed by atoms with Gasteiger partial charge in [0.2, 0.25) is 11.5 Å². The predicted octanol–water partition coefficient (Wildman–Crippen LogP) is 4.03. The van der Waals surface area contributed by atoms with Crippen LogP contribution in [-0.4, -0.2) is 10.9 Å². The Bertz CT molecular complexity index is 727. The first kappa shape index (κ1) is 16.3. The molecule has 1 aromatic heterocycles. The third kappa shape index (κ3) is 3.38. The van der Waals surface area contributed by atoms with Crippen molar-refractivity contribution in [3.05, 3.63) is 40.2 Å². The summed E-state index contributed by atoms with van der Waals surface area (Å²) in [6, 6.07) is 7.34. The predicted molar refractivity (Wildman–Crippen MR) is 91.4 cm³/mol. The number of anilines is 1. The van der Waals surface area contributed by atoms with Crippen LogP contribution in [-0.2, 0) is 4.79 Å². The van der Waals surface area contributed by atoms with E-state index in [1.54, 1.807) is 6.07 Å². The van der Waals surface area contributed by atoms with Crippen LogP contribution >= 0.6 is 0 Å². The van der Waals surface area contributed by atoms with E-state index in [0.29, 0.717) is 0 Å². The zero-order chi connectivity index (χ0) is 16.3. The van der Waals surface area contributed by atoms with Gasteiger partial charge in [0.05, 0.1) is 5.52 Å². The largest absolute Gasteiger partial charge is 0.326 e. The van der Waals surface area contributed by atoms with E-state index in [1.807, 2.05) is 32.0 Å². The minimum atomic E-state index is -0.111. The second-order valence-electron chi connectivity index (χ2n) is 6.01. The Morgan fingerprint density at radius 1 is 1.18 bits per heavy atom. The van der Waals surface area contributed by atoms with Crippen molar-refractivity contribution < 1.29 is 4.79 Å². The Morgan fingerprint density at radius 3 is 2.45 bits per heavy atom. The maximum absolute atomic E-state index is 12.2. The number of nitrogens with one attached hydrogen (secondary N) is 2. The smallest absolute Gasteiger partial charge is 0.248 e. The van der Waals surface area contributed by atoms with E-state index in [0.717, 1.165) is 35.0 Å². The number of aromatic nitrogens is 1. The fraction of sp³-hybridized carbons (Fsp3) is 0.444. The van der Waals surface area contributed by atoms with Crippen LogP contribution in [0.1, 0.15) is 52.0 Å². The molecule has 0 aliphatic heterocycles. The topological polar surface area (TPSA) is 62.0 Å². The second-order valence-corrected chi connectivity index (χ2v) is 6.01. The Labute approximate surface area is 130 Å². The molecule has 2 N–H and O–H groups in total. The average molecular weight is 300 g/mol. The fourth-order valence-electron chi connectivity index (χ4n) is 2.75. The highest BCUT2D eigenvalue weighted by Gasteiger charge is 2.15. The molecular formula is C18H24N2O2. The second kappa shape index (κ2) is 6.77. The lowest BCUT2D eigenvalue weighted by molar-refractivity contribution is -0.120. The lowest BCUT2D eigenvalue weighted by atomic mass is 9.98. The molecule has 2 rings (SSSR count). The van der Waals surface area contributed by atoms with Gasteiger partial charge in [0.15, 0.2) is 0 Å². The molecule has 0 atom stereocenters. The molecule has 0 unspecified atom stereocenters. The summed E-state index contributed by atoms with van der Waals surface area (Å²) in [4.78, 5) is 26.8. The zero-order valence-corrected chi connectivity index (χ0v) is 13.7. The van der Waals surface area contributed by atoms with Gasteiger partial charge in [-0.05, 0) is 36.5 Å². The van der Waals surface area contributed by atoms with Gasteiger partial charge in [-0.25, -0.2) is 0 Å². The number of hydrogen-bond acceptors (Lipinski definition) is 2. The normalized spacial score (nSPS) is 11.4. The monoisotopic (exact) mass is 300 g/mol. The molecule has 0 aliphatic rings. The van der Waals surface area contributed by atoms with Gasteiger partial charge in [-0.1, -0.05) is 33.8 Å². The standard InChI is InChI=1S/C18H24N2O2/c1-5-12(6-2)18(22)19-13-7-8-14-15(11(3)4)10-17(21)20-16(14)9-13/h7-12H,5-6H2,1-4H3,(H,19,22)(H,20,21). The molecule has 0 fully saturated rings. The van der Waals surface area contributed by atoms with Crippen molar-refractivity contribution in [3.8, 4) is 0 Å². The van der Waals surface area contributed by atoms with Crippen LogP contribution < -0.4 is 10.9 Å². The van der Waals surface area contributed by atoms with Crippen LogP contribution in [0.3, 0.4) is 0 Å². The van der Waals surface area contributed by atoms with Gasteiger partial charge in [0.1, 0.15) is 0 Å². The molecule has 0 aliphatic carbocycles. The lowest BCUT2D eigenvalue weighted by Gasteiger charge is -2.14. The maximum Gasteiger partial charge on any atom is 0.248 e. The van der Waals surface area contributed by atoms with Gasteiger partial charge < -0.3 is 10.3 Å². The molecule has 1 aromatic carbocycles. The summed E-state index contributed by atoms with van der Waals surface area (Å²) in [5, 5.41) is 3.97. The van der Waals surface area contributed by atoms with Crippen molar-refractivity contribution >= 4 is 22.5 Å². The van der Waals surface area contributed by atoms with E-state index in [-0.39, 0.29) is 23.3 Å².